The van der Waals surface area contributed by atoms with Gasteiger partial charge in [0.1, 0.15) is 0 Å². The fourth-order valence-electron chi connectivity index (χ4n) is 3.82. The average molecular weight is 382 g/mol. The van der Waals surface area contributed by atoms with E-state index >= 15 is 0 Å². The zero-order chi connectivity index (χ0) is 19.5. The highest BCUT2D eigenvalue weighted by atomic mass is 16.5. The van der Waals surface area contributed by atoms with E-state index in [-0.39, 0.29) is 11.9 Å². The Bertz CT molecular complexity index is 453. The first-order valence-corrected chi connectivity index (χ1v) is 10.7. The summed E-state index contributed by atoms with van der Waals surface area (Å²) < 4.78 is 6.05. The SMILES string of the molecule is CN=C(NCCOC1CCCCCC1)N1CCN(CC(=O)NC(C)C)CC1. The van der Waals surface area contributed by atoms with E-state index in [1.165, 1.54) is 38.5 Å². The smallest absolute Gasteiger partial charge is 0.234 e. The van der Waals surface area contributed by atoms with Crippen LogP contribution in [0.15, 0.2) is 4.99 Å². The van der Waals surface area contributed by atoms with Crippen molar-refractivity contribution in [3.63, 3.8) is 0 Å². The van der Waals surface area contributed by atoms with E-state index in [1.807, 2.05) is 20.9 Å². The van der Waals surface area contributed by atoms with Gasteiger partial charge in [-0.2, -0.15) is 0 Å². The molecule has 1 amide bonds. The molecule has 0 aromatic heterocycles. The first-order chi connectivity index (χ1) is 13.1. The zero-order valence-electron chi connectivity index (χ0n) is 17.5. The molecule has 0 spiro atoms. The van der Waals surface area contributed by atoms with Gasteiger partial charge in [-0.05, 0) is 26.7 Å². The number of ether oxygens (including phenoxy) is 1. The summed E-state index contributed by atoms with van der Waals surface area (Å²) in [4.78, 5) is 20.8. The number of amides is 1. The van der Waals surface area contributed by atoms with E-state index in [0.29, 0.717) is 12.6 Å². The van der Waals surface area contributed by atoms with Crippen LogP contribution in [0.1, 0.15) is 52.4 Å². The van der Waals surface area contributed by atoms with Crippen LogP contribution in [0.2, 0.25) is 0 Å². The first kappa shape index (κ1) is 22.0. The highest BCUT2D eigenvalue weighted by Crippen LogP contribution is 2.19. The first-order valence-electron chi connectivity index (χ1n) is 10.7. The molecule has 7 nitrogen and oxygen atoms in total. The highest BCUT2D eigenvalue weighted by molar-refractivity contribution is 5.80. The van der Waals surface area contributed by atoms with Gasteiger partial charge in [0.25, 0.3) is 0 Å². The van der Waals surface area contributed by atoms with E-state index in [1.54, 1.807) is 0 Å². The van der Waals surface area contributed by atoms with Crippen molar-refractivity contribution in [2.75, 3.05) is 52.9 Å². The van der Waals surface area contributed by atoms with Crippen molar-refractivity contribution in [3.05, 3.63) is 0 Å². The molecule has 1 aliphatic heterocycles. The Kier molecular flexibility index (Phi) is 9.91. The van der Waals surface area contributed by atoms with Crippen molar-refractivity contribution < 1.29 is 9.53 Å². The third-order valence-electron chi connectivity index (χ3n) is 5.24. The molecule has 2 N–H and O–H groups in total. The fraction of sp³-hybridized carbons (Fsp3) is 0.900. The minimum absolute atomic E-state index is 0.108. The van der Waals surface area contributed by atoms with Gasteiger partial charge in [-0.1, -0.05) is 25.7 Å². The summed E-state index contributed by atoms with van der Waals surface area (Å²) in [7, 11) is 1.83. The van der Waals surface area contributed by atoms with Crippen LogP contribution in [0.4, 0.5) is 0 Å². The number of guanidine groups is 1. The summed E-state index contributed by atoms with van der Waals surface area (Å²) in [5.74, 6) is 1.04. The molecular weight excluding hydrogens is 342 g/mol. The van der Waals surface area contributed by atoms with Crippen LogP contribution in [-0.4, -0.2) is 86.7 Å². The molecule has 0 aromatic carbocycles. The Balaban J connectivity index is 1.62. The van der Waals surface area contributed by atoms with Gasteiger partial charge in [0.15, 0.2) is 5.96 Å². The zero-order valence-corrected chi connectivity index (χ0v) is 17.5. The molecule has 0 radical (unpaired) electrons. The summed E-state index contributed by atoms with van der Waals surface area (Å²) in [5.41, 5.74) is 0. The second kappa shape index (κ2) is 12.2. The van der Waals surface area contributed by atoms with Gasteiger partial charge in [-0.15, -0.1) is 0 Å². The van der Waals surface area contributed by atoms with Gasteiger partial charge in [-0.3, -0.25) is 14.7 Å². The Morgan fingerprint density at radius 2 is 1.78 bits per heavy atom. The molecule has 1 aliphatic carbocycles. The Hall–Kier alpha value is -1.34. The van der Waals surface area contributed by atoms with Crippen LogP contribution in [-0.2, 0) is 9.53 Å². The van der Waals surface area contributed by atoms with E-state index < -0.39 is 0 Å². The largest absolute Gasteiger partial charge is 0.376 e. The van der Waals surface area contributed by atoms with Crippen molar-refractivity contribution in [3.8, 4) is 0 Å². The molecule has 2 rings (SSSR count). The minimum Gasteiger partial charge on any atom is -0.376 e. The number of aliphatic imine (C=N–C) groups is 1. The average Bonchev–Trinajstić information content (AvgIpc) is 2.91. The lowest BCUT2D eigenvalue weighted by atomic mass is 10.1. The summed E-state index contributed by atoms with van der Waals surface area (Å²) in [6.45, 7) is 9.52. The third kappa shape index (κ3) is 8.47. The van der Waals surface area contributed by atoms with E-state index in [9.17, 15) is 4.79 Å². The number of rotatable bonds is 7. The van der Waals surface area contributed by atoms with Gasteiger partial charge >= 0.3 is 0 Å². The van der Waals surface area contributed by atoms with Gasteiger partial charge < -0.3 is 20.3 Å². The van der Waals surface area contributed by atoms with E-state index in [0.717, 1.165) is 45.3 Å². The molecule has 0 aromatic rings. The van der Waals surface area contributed by atoms with E-state index in [4.69, 9.17) is 4.74 Å². The maximum atomic E-state index is 11.9. The van der Waals surface area contributed by atoms with Crippen LogP contribution in [0, 0.1) is 0 Å². The van der Waals surface area contributed by atoms with Gasteiger partial charge in [-0.25, -0.2) is 0 Å². The van der Waals surface area contributed by atoms with Crippen molar-refractivity contribution in [1.29, 1.82) is 0 Å². The van der Waals surface area contributed by atoms with Crippen LogP contribution in [0.25, 0.3) is 0 Å². The molecule has 1 heterocycles. The Labute approximate surface area is 164 Å². The van der Waals surface area contributed by atoms with Crippen molar-refractivity contribution in [1.82, 2.24) is 20.4 Å². The van der Waals surface area contributed by atoms with Gasteiger partial charge in [0, 0.05) is 45.8 Å². The molecule has 7 heteroatoms. The molecule has 27 heavy (non-hydrogen) atoms. The number of nitrogens with zero attached hydrogens (tertiary/aromatic N) is 3. The molecular formula is C20H39N5O2. The number of hydrogen-bond donors (Lipinski definition) is 2. The summed E-state index contributed by atoms with van der Waals surface area (Å²) in [5, 5.41) is 6.39. The molecule has 0 bridgehead atoms. The number of piperazine rings is 1. The van der Waals surface area contributed by atoms with Crippen LogP contribution in [0.3, 0.4) is 0 Å². The topological polar surface area (TPSA) is 69.2 Å². The normalized spacial score (nSPS) is 20.6. The predicted molar refractivity (Wildman–Crippen MR) is 110 cm³/mol. The van der Waals surface area contributed by atoms with Gasteiger partial charge in [0.05, 0.1) is 19.3 Å². The highest BCUT2D eigenvalue weighted by Gasteiger charge is 2.21. The number of carbonyl (C=O) groups excluding carboxylic acids is 1. The monoisotopic (exact) mass is 381 g/mol. The molecule has 0 unspecified atom stereocenters. The lowest BCUT2D eigenvalue weighted by molar-refractivity contribution is -0.123. The van der Waals surface area contributed by atoms with Crippen LogP contribution in [0.5, 0.6) is 0 Å². The molecule has 0 atom stereocenters. The van der Waals surface area contributed by atoms with Crippen molar-refractivity contribution >= 4 is 11.9 Å². The summed E-state index contributed by atoms with van der Waals surface area (Å²) in [6, 6.07) is 0.196. The number of carbonyl (C=O) groups is 1. The molecule has 1 saturated heterocycles. The lowest BCUT2D eigenvalue weighted by Gasteiger charge is -2.36. The van der Waals surface area contributed by atoms with Crippen molar-refractivity contribution in [2.24, 2.45) is 4.99 Å². The van der Waals surface area contributed by atoms with Crippen LogP contribution < -0.4 is 10.6 Å². The number of nitrogens with one attached hydrogen (secondary N) is 2. The maximum absolute atomic E-state index is 11.9. The summed E-state index contributed by atoms with van der Waals surface area (Å²) >= 11 is 0. The standard InChI is InChI=1S/C20H39N5O2/c1-17(2)23-19(26)16-24-11-13-25(14-12-24)20(21-3)22-10-15-27-18-8-6-4-5-7-9-18/h17-18H,4-16H2,1-3H3,(H,21,22)(H,23,26). The molecule has 2 fully saturated rings. The maximum Gasteiger partial charge on any atom is 0.234 e. The Morgan fingerprint density at radius 3 is 2.37 bits per heavy atom. The number of hydrogen-bond acceptors (Lipinski definition) is 4. The predicted octanol–water partition coefficient (Wildman–Crippen LogP) is 1.44. The summed E-state index contributed by atoms with van der Waals surface area (Å²) in [6.07, 6.45) is 8.18. The lowest BCUT2D eigenvalue weighted by Crippen LogP contribution is -2.54. The van der Waals surface area contributed by atoms with Gasteiger partial charge in [0.2, 0.25) is 5.91 Å². The van der Waals surface area contributed by atoms with E-state index in [2.05, 4.69) is 25.4 Å². The third-order valence-corrected chi connectivity index (χ3v) is 5.24. The Morgan fingerprint density at radius 1 is 1.11 bits per heavy atom. The minimum atomic E-state index is 0.108. The van der Waals surface area contributed by atoms with Crippen molar-refractivity contribution in [2.45, 2.75) is 64.5 Å². The fourth-order valence-corrected chi connectivity index (χ4v) is 3.82. The second-order valence-corrected chi connectivity index (χ2v) is 7.94. The quantitative estimate of drug-likeness (QED) is 0.302. The molecule has 156 valence electrons. The van der Waals surface area contributed by atoms with Crippen LogP contribution >= 0.6 is 0 Å². The molecule has 2 aliphatic rings. The molecule has 1 saturated carbocycles. The second-order valence-electron chi connectivity index (χ2n) is 7.94.